The predicted octanol–water partition coefficient (Wildman–Crippen LogP) is 3.03. The third-order valence-electron chi connectivity index (χ3n) is 5.28. The molecule has 3 nitrogen and oxygen atoms in total. The second-order valence-corrected chi connectivity index (χ2v) is 6.68. The maximum Gasteiger partial charge on any atom is 0.226 e. The van der Waals surface area contributed by atoms with Crippen LogP contribution in [0.15, 0.2) is 0 Å². The fourth-order valence-electron chi connectivity index (χ4n) is 3.29. The van der Waals surface area contributed by atoms with E-state index < -0.39 is 0 Å². The van der Waals surface area contributed by atoms with Crippen LogP contribution < -0.4 is 5.73 Å². The van der Waals surface area contributed by atoms with Crippen molar-refractivity contribution in [1.29, 1.82) is 0 Å². The quantitative estimate of drug-likeness (QED) is 0.833. The fourth-order valence-corrected chi connectivity index (χ4v) is 3.29. The van der Waals surface area contributed by atoms with E-state index in [-0.39, 0.29) is 17.4 Å². The Hall–Kier alpha value is -0.570. The van der Waals surface area contributed by atoms with Crippen LogP contribution in [0.4, 0.5) is 0 Å². The van der Waals surface area contributed by atoms with Gasteiger partial charge in [0.15, 0.2) is 0 Å². The van der Waals surface area contributed by atoms with Gasteiger partial charge in [0, 0.05) is 25.0 Å². The molecule has 1 aliphatic carbocycles. The maximum atomic E-state index is 12.8. The van der Waals surface area contributed by atoms with Gasteiger partial charge in [0.05, 0.1) is 0 Å². The van der Waals surface area contributed by atoms with Crippen LogP contribution in [-0.4, -0.2) is 29.9 Å². The fraction of sp³-hybridized carbons (Fsp3) is 0.938. The van der Waals surface area contributed by atoms with E-state index in [1.54, 1.807) is 0 Å². The molecule has 0 heterocycles. The van der Waals surface area contributed by atoms with Crippen LogP contribution in [0, 0.1) is 17.3 Å². The highest BCUT2D eigenvalue weighted by molar-refractivity contribution is 5.79. The molecule has 3 heteroatoms. The van der Waals surface area contributed by atoms with Gasteiger partial charge in [0.1, 0.15) is 0 Å². The number of amides is 1. The Balaban J connectivity index is 2.79. The lowest BCUT2D eigenvalue weighted by Gasteiger charge is -2.47. The first-order valence-corrected chi connectivity index (χ1v) is 7.90. The highest BCUT2D eigenvalue weighted by Crippen LogP contribution is 2.45. The number of hydrogen-bond acceptors (Lipinski definition) is 2. The van der Waals surface area contributed by atoms with Crippen LogP contribution in [0.3, 0.4) is 0 Å². The molecule has 1 aliphatic rings. The van der Waals surface area contributed by atoms with Crippen molar-refractivity contribution in [3.8, 4) is 0 Å². The summed E-state index contributed by atoms with van der Waals surface area (Å²) in [6, 6.07) is 0.241. The zero-order valence-electron chi connectivity index (χ0n) is 13.4. The average Bonchev–Trinajstić information content (AvgIpc) is 2.37. The van der Waals surface area contributed by atoms with E-state index in [2.05, 4.69) is 34.6 Å². The third kappa shape index (κ3) is 3.50. The minimum absolute atomic E-state index is 0.00832. The van der Waals surface area contributed by atoms with Gasteiger partial charge in [-0.1, -0.05) is 34.1 Å². The first-order chi connectivity index (χ1) is 8.86. The molecule has 1 rings (SSSR count). The van der Waals surface area contributed by atoms with Gasteiger partial charge in [0.25, 0.3) is 0 Å². The largest absolute Gasteiger partial charge is 0.343 e. The van der Waals surface area contributed by atoms with E-state index in [9.17, 15) is 4.79 Å². The van der Waals surface area contributed by atoms with Crippen molar-refractivity contribution in [3.63, 3.8) is 0 Å². The molecule has 0 bridgehead atoms. The molecule has 1 fully saturated rings. The van der Waals surface area contributed by atoms with Crippen molar-refractivity contribution in [2.24, 2.45) is 23.0 Å². The Labute approximate surface area is 118 Å². The summed E-state index contributed by atoms with van der Waals surface area (Å²) in [6.07, 6.45) is 4.16. The molecule has 112 valence electrons. The molecule has 0 radical (unpaired) electrons. The second-order valence-electron chi connectivity index (χ2n) is 6.68. The third-order valence-corrected chi connectivity index (χ3v) is 5.28. The number of unbranched alkanes of at least 4 members (excludes halogenated alkanes) is 1. The summed E-state index contributed by atoms with van der Waals surface area (Å²) >= 11 is 0. The second kappa shape index (κ2) is 6.74. The Morgan fingerprint density at radius 2 is 1.95 bits per heavy atom. The standard InChI is InChI=1S/C16H32N2O/c1-6-8-11-18(7-2)15(19)13-9-10-14(17)12(3)16(13,4)5/h12-14H,6-11,17H2,1-5H3. The minimum atomic E-state index is 0.00832. The molecule has 0 saturated heterocycles. The molecular formula is C16H32N2O. The highest BCUT2D eigenvalue weighted by atomic mass is 16.2. The van der Waals surface area contributed by atoms with Crippen molar-refractivity contribution >= 4 is 5.91 Å². The van der Waals surface area contributed by atoms with Crippen LogP contribution in [0.25, 0.3) is 0 Å². The zero-order valence-corrected chi connectivity index (χ0v) is 13.4. The summed E-state index contributed by atoms with van der Waals surface area (Å²) in [5.74, 6) is 0.888. The van der Waals surface area contributed by atoms with E-state index in [1.807, 2.05) is 4.90 Å². The molecule has 0 aromatic rings. The molecular weight excluding hydrogens is 236 g/mol. The molecule has 0 aromatic carbocycles. The molecule has 1 saturated carbocycles. The lowest BCUT2D eigenvalue weighted by Crippen LogP contribution is -2.52. The number of nitrogens with zero attached hydrogens (tertiary/aromatic N) is 1. The highest BCUT2D eigenvalue weighted by Gasteiger charge is 2.45. The molecule has 1 amide bonds. The Morgan fingerprint density at radius 1 is 1.32 bits per heavy atom. The molecule has 3 atom stereocenters. The summed E-state index contributed by atoms with van der Waals surface area (Å²) in [4.78, 5) is 14.8. The number of hydrogen-bond donors (Lipinski definition) is 1. The SMILES string of the molecule is CCCCN(CC)C(=O)C1CCC(N)C(C)C1(C)C. The van der Waals surface area contributed by atoms with Gasteiger partial charge in [0.2, 0.25) is 5.91 Å². The normalized spacial score (nSPS) is 30.1. The van der Waals surface area contributed by atoms with Gasteiger partial charge in [-0.2, -0.15) is 0 Å². The summed E-state index contributed by atoms with van der Waals surface area (Å²) in [5.41, 5.74) is 6.19. The van der Waals surface area contributed by atoms with Gasteiger partial charge in [-0.3, -0.25) is 4.79 Å². The van der Waals surface area contributed by atoms with Gasteiger partial charge in [-0.15, -0.1) is 0 Å². The van der Waals surface area contributed by atoms with E-state index >= 15 is 0 Å². The van der Waals surface area contributed by atoms with Gasteiger partial charge in [-0.05, 0) is 37.5 Å². The average molecular weight is 268 g/mol. The van der Waals surface area contributed by atoms with Crippen LogP contribution in [0.2, 0.25) is 0 Å². The van der Waals surface area contributed by atoms with Gasteiger partial charge >= 0.3 is 0 Å². The Morgan fingerprint density at radius 3 is 2.47 bits per heavy atom. The van der Waals surface area contributed by atoms with E-state index in [4.69, 9.17) is 5.73 Å². The molecule has 0 aromatic heterocycles. The van der Waals surface area contributed by atoms with Crippen molar-refractivity contribution in [2.75, 3.05) is 13.1 Å². The van der Waals surface area contributed by atoms with Crippen molar-refractivity contribution in [2.45, 2.75) is 66.3 Å². The van der Waals surface area contributed by atoms with Crippen molar-refractivity contribution in [1.82, 2.24) is 4.90 Å². The van der Waals surface area contributed by atoms with E-state index in [0.717, 1.165) is 38.8 Å². The Kier molecular flexibility index (Phi) is 5.84. The van der Waals surface area contributed by atoms with E-state index in [0.29, 0.717) is 11.8 Å². The summed E-state index contributed by atoms with van der Waals surface area (Å²) in [5, 5.41) is 0. The minimum Gasteiger partial charge on any atom is -0.343 e. The smallest absolute Gasteiger partial charge is 0.226 e. The number of nitrogens with two attached hydrogens (primary N) is 1. The van der Waals surface area contributed by atoms with E-state index in [1.165, 1.54) is 0 Å². The first kappa shape index (κ1) is 16.5. The molecule has 3 unspecified atom stereocenters. The monoisotopic (exact) mass is 268 g/mol. The first-order valence-electron chi connectivity index (χ1n) is 7.90. The van der Waals surface area contributed by atoms with Crippen LogP contribution >= 0.6 is 0 Å². The molecule has 0 aliphatic heterocycles. The van der Waals surface area contributed by atoms with Crippen molar-refractivity contribution < 1.29 is 4.79 Å². The summed E-state index contributed by atoms with van der Waals surface area (Å²) in [7, 11) is 0. The van der Waals surface area contributed by atoms with Gasteiger partial charge in [-0.25, -0.2) is 0 Å². The summed E-state index contributed by atoms with van der Waals surface area (Å²) in [6.45, 7) is 12.6. The van der Waals surface area contributed by atoms with Crippen LogP contribution in [-0.2, 0) is 4.79 Å². The number of carbonyl (C=O) groups is 1. The lowest BCUT2D eigenvalue weighted by atomic mass is 9.60. The number of rotatable bonds is 5. The molecule has 0 spiro atoms. The topological polar surface area (TPSA) is 46.3 Å². The van der Waals surface area contributed by atoms with Crippen molar-refractivity contribution in [3.05, 3.63) is 0 Å². The van der Waals surface area contributed by atoms with Crippen LogP contribution in [0.1, 0.15) is 60.3 Å². The Bertz CT molecular complexity index is 301. The predicted molar refractivity (Wildman–Crippen MR) is 80.8 cm³/mol. The van der Waals surface area contributed by atoms with Crippen LogP contribution in [0.5, 0.6) is 0 Å². The molecule has 2 N–H and O–H groups in total. The maximum absolute atomic E-state index is 12.8. The summed E-state index contributed by atoms with van der Waals surface area (Å²) < 4.78 is 0. The number of carbonyl (C=O) groups excluding carboxylic acids is 1. The zero-order chi connectivity index (χ0) is 14.6. The van der Waals surface area contributed by atoms with Gasteiger partial charge < -0.3 is 10.6 Å². The molecule has 19 heavy (non-hydrogen) atoms. The lowest BCUT2D eigenvalue weighted by molar-refractivity contribution is -0.143.